The third-order valence-corrected chi connectivity index (χ3v) is 3.43. The number of nitrogens with zero attached hydrogens (tertiary/aromatic N) is 2. The highest BCUT2D eigenvalue weighted by molar-refractivity contribution is 5.81. The molecule has 0 saturated heterocycles. The van der Waals surface area contributed by atoms with E-state index in [1.807, 2.05) is 44.3 Å². The lowest BCUT2D eigenvalue weighted by molar-refractivity contribution is -0.122. The predicted molar refractivity (Wildman–Crippen MR) is 77.9 cm³/mol. The van der Waals surface area contributed by atoms with E-state index in [0.717, 1.165) is 16.8 Å². The molecule has 1 aromatic heterocycles. The molecular weight excluding hydrogens is 252 g/mol. The fourth-order valence-corrected chi connectivity index (χ4v) is 1.99. The highest BCUT2D eigenvalue weighted by Crippen LogP contribution is 2.05. The summed E-state index contributed by atoms with van der Waals surface area (Å²) in [6.07, 6.45) is 2.30. The maximum atomic E-state index is 12.0. The van der Waals surface area contributed by atoms with E-state index in [0.29, 0.717) is 13.0 Å². The minimum atomic E-state index is -0.533. The van der Waals surface area contributed by atoms with Crippen molar-refractivity contribution in [2.45, 2.75) is 25.9 Å². The number of aromatic nitrogens is 2. The third-order valence-electron chi connectivity index (χ3n) is 3.43. The van der Waals surface area contributed by atoms with Crippen LogP contribution in [0.15, 0.2) is 36.5 Å². The van der Waals surface area contributed by atoms with E-state index in [4.69, 9.17) is 5.73 Å². The van der Waals surface area contributed by atoms with Crippen LogP contribution in [0.2, 0.25) is 0 Å². The number of benzene rings is 1. The first kappa shape index (κ1) is 14.3. The van der Waals surface area contributed by atoms with Crippen molar-refractivity contribution in [2.24, 2.45) is 12.8 Å². The summed E-state index contributed by atoms with van der Waals surface area (Å²) in [6, 6.07) is 9.24. The first-order chi connectivity index (χ1) is 9.58. The number of rotatable bonds is 5. The Labute approximate surface area is 118 Å². The van der Waals surface area contributed by atoms with Crippen molar-refractivity contribution < 1.29 is 4.79 Å². The van der Waals surface area contributed by atoms with Gasteiger partial charge in [-0.1, -0.05) is 30.3 Å². The number of hydrogen-bond acceptors (Lipinski definition) is 3. The van der Waals surface area contributed by atoms with Gasteiger partial charge in [-0.15, -0.1) is 0 Å². The molecule has 0 aliphatic carbocycles. The zero-order valence-corrected chi connectivity index (χ0v) is 11.8. The molecule has 1 heterocycles. The van der Waals surface area contributed by atoms with Gasteiger partial charge in [0.2, 0.25) is 5.91 Å². The zero-order chi connectivity index (χ0) is 14.5. The van der Waals surface area contributed by atoms with Gasteiger partial charge in [-0.2, -0.15) is 5.10 Å². The topological polar surface area (TPSA) is 72.9 Å². The van der Waals surface area contributed by atoms with Gasteiger partial charge in [-0.25, -0.2) is 0 Å². The van der Waals surface area contributed by atoms with Crippen molar-refractivity contribution in [2.75, 3.05) is 0 Å². The standard InChI is InChI=1S/C15H20N4O/c1-11-13(10-18-19(11)2)9-17-15(20)14(16)8-12-6-4-3-5-7-12/h3-7,10,14H,8-9,16H2,1-2H3,(H,17,20)/t14-/m0/s1. The predicted octanol–water partition coefficient (Wildman–Crippen LogP) is 0.915. The van der Waals surface area contributed by atoms with Gasteiger partial charge in [-0.3, -0.25) is 9.48 Å². The molecular formula is C15H20N4O. The van der Waals surface area contributed by atoms with Crippen molar-refractivity contribution in [3.05, 3.63) is 53.3 Å². The smallest absolute Gasteiger partial charge is 0.237 e. The van der Waals surface area contributed by atoms with E-state index in [-0.39, 0.29) is 5.91 Å². The van der Waals surface area contributed by atoms with Crippen molar-refractivity contribution >= 4 is 5.91 Å². The van der Waals surface area contributed by atoms with Crippen LogP contribution in [0.25, 0.3) is 0 Å². The highest BCUT2D eigenvalue weighted by Gasteiger charge is 2.14. The molecule has 0 aliphatic heterocycles. The minimum absolute atomic E-state index is 0.142. The molecule has 0 fully saturated rings. The summed E-state index contributed by atoms with van der Waals surface area (Å²) in [4.78, 5) is 12.0. The van der Waals surface area contributed by atoms with Crippen LogP contribution in [0.4, 0.5) is 0 Å². The summed E-state index contributed by atoms with van der Waals surface area (Å²) in [5.74, 6) is -0.142. The van der Waals surface area contributed by atoms with E-state index in [1.165, 1.54) is 0 Å². The summed E-state index contributed by atoms with van der Waals surface area (Å²) in [5.41, 5.74) is 9.04. The van der Waals surface area contributed by atoms with E-state index in [1.54, 1.807) is 10.9 Å². The summed E-state index contributed by atoms with van der Waals surface area (Å²) >= 11 is 0. The monoisotopic (exact) mass is 272 g/mol. The van der Waals surface area contributed by atoms with Crippen LogP contribution in [0.1, 0.15) is 16.8 Å². The molecule has 20 heavy (non-hydrogen) atoms. The van der Waals surface area contributed by atoms with Gasteiger partial charge in [0.05, 0.1) is 12.2 Å². The Bertz CT molecular complexity index is 577. The Morgan fingerprint density at radius 3 is 2.70 bits per heavy atom. The summed E-state index contributed by atoms with van der Waals surface area (Å²) in [7, 11) is 1.88. The average molecular weight is 272 g/mol. The summed E-state index contributed by atoms with van der Waals surface area (Å²) in [6.45, 7) is 2.43. The van der Waals surface area contributed by atoms with Gasteiger partial charge in [0.1, 0.15) is 0 Å². The molecule has 0 bridgehead atoms. The van der Waals surface area contributed by atoms with Gasteiger partial charge < -0.3 is 11.1 Å². The molecule has 2 rings (SSSR count). The Kier molecular flexibility index (Phi) is 4.53. The maximum Gasteiger partial charge on any atom is 0.237 e. The second-order valence-corrected chi connectivity index (χ2v) is 4.89. The second-order valence-electron chi connectivity index (χ2n) is 4.89. The maximum absolute atomic E-state index is 12.0. The second kappa shape index (κ2) is 6.34. The molecule has 2 aromatic rings. The Morgan fingerprint density at radius 2 is 2.10 bits per heavy atom. The van der Waals surface area contributed by atoms with Crippen molar-refractivity contribution in [1.82, 2.24) is 15.1 Å². The van der Waals surface area contributed by atoms with E-state index < -0.39 is 6.04 Å². The van der Waals surface area contributed by atoms with E-state index in [2.05, 4.69) is 10.4 Å². The van der Waals surface area contributed by atoms with Crippen LogP contribution in [0, 0.1) is 6.92 Å². The summed E-state index contributed by atoms with van der Waals surface area (Å²) < 4.78 is 1.78. The Hall–Kier alpha value is -2.14. The van der Waals surface area contributed by atoms with Gasteiger partial charge in [0, 0.05) is 24.8 Å². The molecule has 5 heteroatoms. The van der Waals surface area contributed by atoms with Crippen LogP contribution in [-0.4, -0.2) is 21.7 Å². The van der Waals surface area contributed by atoms with E-state index in [9.17, 15) is 4.79 Å². The number of amides is 1. The minimum Gasteiger partial charge on any atom is -0.351 e. The molecule has 0 spiro atoms. The average Bonchev–Trinajstić information content (AvgIpc) is 2.77. The molecule has 1 aromatic carbocycles. The number of hydrogen-bond donors (Lipinski definition) is 2. The van der Waals surface area contributed by atoms with Crippen LogP contribution >= 0.6 is 0 Å². The lowest BCUT2D eigenvalue weighted by Crippen LogP contribution is -2.41. The van der Waals surface area contributed by atoms with Crippen LogP contribution < -0.4 is 11.1 Å². The Balaban J connectivity index is 1.87. The number of nitrogens with one attached hydrogen (secondary N) is 1. The molecule has 1 amide bonds. The van der Waals surface area contributed by atoms with Gasteiger partial charge in [0.15, 0.2) is 0 Å². The van der Waals surface area contributed by atoms with E-state index >= 15 is 0 Å². The number of aryl methyl sites for hydroxylation is 1. The first-order valence-corrected chi connectivity index (χ1v) is 6.62. The molecule has 0 saturated carbocycles. The highest BCUT2D eigenvalue weighted by atomic mass is 16.2. The molecule has 0 aliphatic rings. The van der Waals surface area contributed by atoms with Gasteiger partial charge >= 0.3 is 0 Å². The van der Waals surface area contributed by atoms with Crippen LogP contribution in [-0.2, 0) is 24.8 Å². The molecule has 0 unspecified atom stereocenters. The molecule has 1 atom stereocenters. The third kappa shape index (κ3) is 3.45. The lowest BCUT2D eigenvalue weighted by Gasteiger charge is -2.12. The molecule has 0 radical (unpaired) electrons. The fraction of sp³-hybridized carbons (Fsp3) is 0.333. The van der Waals surface area contributed by atoms with Crippen molar-refractivity contribution in [1.29, 1.82) is 0 Å². The van der Waals surface area contributed by atoms with Crippen LogP contribution in [0.5, 0.6) is 0 Å². The molecule has 3 N–H and O–H groups in total. The number of nitrogens with two attached hydrogens (primary N) is 1. The number of carbonyl (C=O) groups is 1. The van der Waals surface area contributed by atoms with Crippen molar-refractivity contribution in [3.63, 3.8) is 0 Å². The van der Waals surface area contributed by atoms with Gasteiger partial charge in [-0.05, 0) is 18.9 Å². The fourth-order valence-electron chi connectivity index (χ4n) is 1.99. The Morgan fingerprint density at radius 1 is 1.40 bits per heavy atom. The van der Waals surface area contributed by atoms with Crippen molar-refractivity contribution in [3.8, 4) is 0 Å². The molecule has 106 valence electrons. The summed E-state index contributed by atoms with van der Waals surface area (Å²) in [5, 5.41) is 7.00. The SMILES string of the molecule is Cc1c(CNC(=O)[C@@H](N)Cc2ccccc2)cnn1C. The largest absolute Gasteiger partial charge is 0.351 e. The number of carbonyl (C=O) groups excluding carboxylic acids is 1. The normalized spacial score (nSPS) is 12.2. The molecule has 5 nitrogen and oxygen atoms in total. The lowest BCUT2D eigenvalue weighted by atomic mass is 10.1. The van der Waals surface area contributed by atoms with Crippen LogP contribution in [0.3, 0.4) is 0 Å². The van der Waals surface area contributed by atoms with Gasteiger partial charge in [0.25, 0.3) is 0 Å². The first-order valence-electron chi connectivity index (χ1n) is 6.62. The zero-order valence-electron chi connectivity index (χ0n) is 11.8. The quantitative estimate of drug-likeness (QED) is 0.850.